The number of thiazole rings is 1. The number of carboxylic acid groups (broad SMARTS) is 1. The summed E-state index contributed by atoms with van der Waals surface area (Å²) in [5.41, 5.74) is 0.0845. The molecule has 2 aromatic rings. The fourth-order valence-corrected chi connectivity index (χ4v) is 2.37. The van der Waals surface area contributed by atoms with Gasteiger partial charge in [-0.3, -0.25) is 9.59 Å². The van der Waals surface area contributed by atoms with Crippen molar-refractivity contribution in [3.8, 4) is 0 Å². The Labute approximate surface area is 118 Å². The summed E-state index contributed by atoms with van der Waals surface area (Å²) >= 11 is 1.46. The number of hydrogen-bond acceptors (Lipinski definition) is 6. The number of nitrogens with one attached hydrogen (secondary N) is 1. The Hall–Kier alpha value is -2.29. The van der Waals surface area contributed by atoms with Crippen molar-refractivity contribution in [1.82, 2.24) is 25.3 Å². The lowest BCUT2D eigenvalue weighted by Crippen LogP contribution is -2.28. The summed E-state index contributed by atoms with van der Waals surface area (Å²) in [5.74, 6) is -1.44. The molecule has 0 aliphatic rings. The molecule has 0 saturated carbocycles. The molecule has 0 saturated heterocycles. The van der Waals surface area contributed by atoms with Gasteiger partial charge < -0.3 is 10.4 Å². The molecule has 0 aliphatic heterocycles. The van der Waals surface area contributed by atoms with Crippen LogP contribution < -0.4 is 5.32 Å². The van der Waals surface area contributed by atoms with E-state index in [4.69, 9.17) is 5.11 Å². The van der Waals surface area contributed by atoms with E-state index < -0.39 is 11.9 Å². The SMILES string of the molecule is CCC(NC(=O)c1cn(CC(=O)O)nn1)c1nccs1. The molecule has 1 atom stereocenters. The highest BCUT2D eigenvalue weighted by molar-refractivity contribution is 7.09. The van der Waals surface area contributed by atoms with Crippen molar-refractivity contribution in [3.63, 3.8) is 0 Å². The number of carbonyl (C=O) groups excluding carboxylic acids is 1. The van der Waals surface area contributed by atoms with E-state index in [-0.39, 0.29) is 18.3 Å². The molecule has 0 spiro atoms. The third kappa shape index (κ3) is 3.38. The minimum absolute atomic E-state index is 0.0845. The number of aliphatic carboxylic acids is 1. The van der Waals surface area contributed by atoms with Gasteiger partial charge in [0.15, 0.2) is 5.69 Å². The molecule has 9 heteroatoms. The molecule has 1 amide bonds. The standard InChI is InChI=1S/C11H13N5O3S/c1-2-7(11-12-3-4-20-11)13-10(19)8-5-16(15-14-8)6-9(17)18/h3-5,7H,2,6H2,1H3,(H,13,19)(H,17,18). The van der Waals surface area contributed by atoms with Gasteiger partial charge in [0.05, 0.1) is 12.2 Å². The highest BCUT2D eigenvalue weighted by atomic mass is 32.1. The van der Waals surface area contributed by atoms with Crippen LogP contribution in [0.25, 0.3) is 0 Å². The van der Waals surface area contributed by atoms with Crippen LogP contribution in [0.1, 0.15) is 34.9 Å². The Balaban J connectivity index is 2.03. The predicted molar refractivity (Wildman–Crippen MR) is 70.3 cm³/mol. The molecular weight excluding hydrogens is 282 g/mol. The number of carbonyl (C=O) groups is 2. The Morgan fingerprint density at radius 1 is 1.55 bits per heavy atom. The fraction of sp³-hybridized carbons (Fsp3) is 0.364. The molecule has 0 bridgehead atoms. The zero-order chi connectivity index (χ0) is 14.5. The molecule has 8 nitrogen and oxygen atoms in total. The van der Waals surface area contributed by atoms with Crippen LogP contribution in [0.3, 0.4) is 0 Å². The van der Waals surface area contributed by atoms with Crippen molar-refractivity contribution >= 4 is 23.2 Å². The fourth-order valence-electron chi connectivity index (χ4n) is 1.60. The van der Waals surface area contributed by atoms with Crippen molar-refractivity contribution in [1.29, 1.82) is 0 Å². The molecule has 20 heavy (non-hydrogen) atoms. The van der Waals surface area contributed by atoms with Gasteiger partial charge in [-0.2, -0.15) is 0 Å². The molecule has 2 rings (SSSR count). The molecular formula is C11H13N5O3S. The molecule has 0 radical (unpaired) electrons. The highest BCUT2D eigenvalue weighted by Gasteiger charge is 2.18. The quantitative estimate of drug-likeness (QED) is 0.811. The molecule has 1 unspecified atom stereocenters. The topological polar surface area (TPSA) is 110 Å². The van der Waals surface area contributed by atoms with Gasteiger partial charge in [0.1, 0.15) is 11.6 Å². The van der Waals surface area contributed by atoms with Crippen LogP contribution in [0.2, 0.25) is 0 Å². The second-order valence-electron chi connectivity index (χ2n) is 4.00. The maximum atomic E-state index is 12.0. The van der Waals surface area contributed by atoms with E-state index in [1.165, 1.54) is 17.5 Å². The van der Waals surface area contributed by atoms with Gasteiger partial charge in [-0.1, -0.05) is 12.1 Å². The van der Waals surface area contributed by atoms with Crippen molar-refractivity contribution in [2.24, 2.45) is 0 Å². The normalized spacial score (nSPS) is 12.1. The summed E-state index contributed by atoms with van der Waals surface area (Å²) in [6.07, 6.45) is 3.68. The molecule has 106 valence electrons. The number of aromatic nitrogens is 4. The minimum Gasteiger partial charge on any atom is -0.480 e. The summed E-state index contributed by atoms with van der Waals surface area (Å²) in [6, 6.07) is -0.188. The second-order valence-corrected chi connectivity index (χ2v) is 4.93. The Bertz CT molecular complexity index is 595. The van der Waals surface area contributed by atoms with E-state index in [0.29, 0.717) is 6.42 Å². The van der Waals surface area contributed by atoms with Crippen molar-refractivity contribution in [2.75, 3.05) is 0 Å². The van der Waals surface area contributed by atoms with Crippen LogP contribution in [0, 0.1) is 0 Å². The number of rotatable bonds is 6. The molecule has 2 N–H and O–H groups in total. The van der Waals surface area contributed by atoms with Crippen LogP contribution in [0.15, 0.2) is 17.8 Å². The van der Waals surface area contributed by atoms with E-state index in [2.05, 4.69) is 20.6 Å². The predicted octanol–water partition coefficient (Wildman–Crippen LogP) is 0.700. The smallest absolute Gasteiger partial charge is 0.325 e. The molecule has 0 aliphatic carbocycles. The van der Waals surface area contributed by atoms with Crippen molar-refractivity contribution < 1.29 is 14.7 Å². The van der Waals surface area contributed by atoms with E-state index in [9.17, 15) is 9.59 Å². The van der Waals surface area contributed by atoms with Gasteiger partial charge in [-0.05, 0) is 6.42 Å². The average molecular weight is 295 g/mol. The van der Waals surface area contributed by atoms with E-state index in [1.54, 1.807) is 6.20 Å². The summed E-state index contributed by atoms with van der Waals surface area (Å²) in [5, 5.41) is 21.3. The first-order valence-electron chi connectivity index (χ1n) is 5.92. The third-order valence-electron chi connectivity index (χ3n) is 2.53. The van der Waals surface area contributed by atoms with Crippen LogP contribution >= 0.6 is 11.3 Å². The Morgan fingerprint density at radius 2 is 2.35 bits per heavy atom. The van der Waals surface area contributed by atoms with Crippen LogP contribution in [-0.2, 0) is 11.3 Å². The van der Waals surface area contributed by atoms with Gasteiger partial charge in [0, 0.05) is 11.6 Å². The van der Waals surface area contributed by atoms with Gasteiger partial charge in [0.2, 0.25) is 0 Å². The van der Waals surface area contributed by atoms with Crippen LogP contribution in [0.4, 0.5) is 0 Å². The molecule has 2 aromatic heterocycles. The first-order valence-corrected chi connectivity index (χ1v) is 6.80. The second kappa shape index (κ2) is 6.24. The minimum atomic E-state index is -1.05. The molecule has 0 aromatic carbocycles. The zero-order valence-electron chi connectivity index (χ0n) is 10.7. The summed E-state index contributed by atoms with van der Waals surface area (Å²) < 4.78 is 1.10. The van der Waals surface area contributed by atoms with E-state index in [1.807, 2.05) is 12.3 Å². The maximum absolute atomic E-state index is 12.0. The van der Waals surface area contributed by atoms with Gasteiger partial charge >= 0.3 is 5.97 Å². The van der Waals surface area contributed by atoms with Crippen molar-refractivity contribution in [2.45, 2.75) is 25.9 Å². The number of nitrogens with zero attached hydrogens (tertiary/aromatic N) is 4. The van der Waals surface area contributed by atoms with E-state index >= 15 is 0 Å². The average Bonchev–Trinajstić information content (AvgIpc) is 3.05. The van der Waals surface area contributed by atoms with E-state index in [0.717, 1.165) is 9.69 Å². The van der Waals surface area contributed by atoms with Gasteiger partial charge in [-0.15, -0.1) is 16.4 Å². The Kier molecular flexibility index (Phi) is 4.41. The number of amides is 1. The third-order valence-corrected chi connectivity index (χ3v) is 3.42. The highest BCUT2D eigenvalue weighted by Crippen LogP contribution is 2.18. The summed E-state index contributed by atoms with van der Waals surface area (Å²) in [4.78, 5) is 26.7. The lowest BCUT2D eigenvalue weighted by Gasteiger charge is -2.12. The lowest BCUT2D eigenvalue weighted by molar-refractivity contribution is -0.137. The number of hydrogen-bond donors (Lipinski definition) is 2. The van der Waals surface area contributed by atoms with Crippen LogP contribution in [-0.4, -0.2) is 37.0 Å². The summed E-state index contributed by atoms with van der Waals surface area (Å²) in [7, 11) is 0. The Morgan fingerprint density at radius 3 is 2.95 bits per heavy atom. The first kappa shape index (κ1) is 14.1. The van der Waals surface area contributed by atoms with Crippen LogP contribution in [0.5, 0.6) is 0 Å². The summed E-state index contributed by atoms with van der Waals surface area (Å²) in [6.45, 7) is 1.61. The van der Waals surface area contributed by atoms with Gasteiger partial charge in [-0.25, -0.2) is 9.67 Å². The molecule has 2 heterocycles. The lowest BCUT2D eigenvalue weighted by atomic mass is 10.2. The zero-order valence-corrected chi connectivity index (χ0v) is 11.5. The molecule has 0 fully saturated rings. The number of carboxylic acids is 1. The maximum Gasteiger partial charge on any atom is 0.325 e. The van der Waals surface area contributed by atoms with Crippen molar-refractivity contribution in [3.05, 3.63) is 28.5 Å². The first-order chi connectivity index (χ1) is 9.60. The monoisotopic (exact) mass is 295 g/mol. The largest absolute Gasteiger partial charge is 0.480 e. The van der Waals surface area contributed by atoms with Gasteiger partial charge in [0.25, 0.3) is 5.91 Å².